The minimum Gasteiger partial charge on any atom is -0.292 e. The minimum absolute atomic E-state index is 0.0779. The van der Waals surface area contributed by atoms with Gasteiger partial charge in [-0.3, -0.25) is 4.79 Å². The molecule has 0 heterocycles. The van der Waals surface area contributed by atoms with E-state index in [-0.39, 0.29) is 5.78 Å². The van der Waals surface area contributed by atoms with Gasteiger partial charge in [-0.25, -0.2) is 0 Å². The fourth-order valence-corrected chi connectivity index (χ4v) is 1.45. The SMILES string of the molecule is CSC(Cl)C(=O)c1ccc(Cl)cc1. The minimum atomic E-state index is -0.513. The standard InChI is InChI=1S/C9H8Cl2OS/c1-13-9(11)8(12)6-2-4-7(10)5-3-6/h2-5,9H,1H3. The van der Waals surface area contributed by atoms with Crippen LogP contribution in [-0.2, 0) is 0 Å². The first-order valence-corrected chi connectivity index (χ1v) is 5.72. The normalized spacial score (nSPS) is 12.5. The van der Waals surface area contributed by atoms with Crippen LogP contribution in [-0.4, -0.2) is 16.7 Å². The van der Waals surface area contributed by atoms with Crippen molar-refractivity contribution in [3.63, 3.8) is 0 Å². The molecule has 70 valence electrons. The van der Waals surface area contributed by atoms with Gasteiger partial charge < -0.3 is 0 Å². The second kappa shape index (κ2) is 4.89. The Kier molecular flexibility index (Phi) is 4.10. The highest BCUT2D eigenvalue weighted by Crippen LogP contribution is 2.18. The lowest BCUT2D eigenvalue weighted by molar-refractivity contribution is 0.101. The zero-order chi connectivity index (χ0) is 9.84. The molecule has 0 aromatic heterocycles. The number of hydrogen-bond acceptors (Lipinski definition) is 2. The smallest absolute Gasteiger partial charge is 0.190 e. The van der Waals surface area contributed by atoms with E-state index in [1.54, 1.807) is 30.5 Å². The number of halogens is 2. The molecule has 13 heavy (non-hydrogen) atoms. The van der Waals surface area contributed by atoms with Gasteiger partial charge in [0.05, 0.1) is 0 Å². The molecule has 0 saturated heterocycles. The number of hydrogen-bond donors (Lipinski definition) is 0. The summed E-state index contributed by atoms with van der Waals surface area (Å²) in [5, 5.41) is 0.617. The lowest BCUT2D eigenvalue weighted by atomic mass is 10.1. The molecule has 1 aromatic rings. The van der Waals surface area contributed by atoms with Crippen LogP contribution in [0.5, 0.6) is 0 Å². The van der Waals surface area contributed by atoms with E-state index in [1.807, 2.05) is 0 Å². The average molecular weight is 235 g/mol. The van der Waals surface area contributed by atoms with E-state index in [1.165, 1.54) is 11.8 Å². The van der Waals surface area contributed by atoms with Crippen LogP contribution in [0.3, 0.4) is 0 Å². The maximum Gasteiger partial charge on any atom is 0.190 e. The van der Waals surface area contributed by atoms with Gasteiger partial charge in [0.25, 0.3) is 0 Å². The van der Waals surface area contributed by atoms with Crippen molar-refractivity contribution in [3.8, 4) is 0 Å². The Bertz CT molecular complexity index is 297. The summed E-state index contributed by atoms with van der Waals surface area (Å²) < 4.78 is -0.513. The van der Waals surface area contributed by atoms with Crippen LogP contribution >= 0.6 is 35.0 Å². The molecule has 0 N–H and O–H groups in total. The lowest BCUT2D eigenvalue weighted by Gasteiger charge is -2.04. The summed E-state index contributed by atoms with van der Waals surface area (Å²) in [5.74, 6) is -0.0779. The Morgan fingerprint density at radius 3 is 2.38 bits per heavy atom. The van der Waals surface area contributed by atoms with Crippen LogP contribution in [0.1, 0.15) is 10.4 Å². The molecule has 0 aliphatic rings. The van der Waals surface area contributed by atoms with Crippen LogP contribution in [0, 0.1) is 0 Å². The molecule has 1 aromatic carbocycles. The summed E-state index contributed by atoms with van der Waals surface area (Å²) in [7, 11) is 0. The molecule has 0 saturated carbocycles. The van der Waals surface area contributed by atoms with Crippen LogP contribution < -0.4 is 0 Å². The molecule has 0 radical (unpaired) electrons. The predicted octanol–water partition coefficient (Wildman–Crippen LogP) is 3.45. The van der Waals surface area contributed by atoms with E-state index in [2.05, 4.69) is 0 Å². The van der Waals surface area contributed by atoms with Gasteiger partial charge in [0, 0.05) is 10.6 Å². The van der Waals surface area contributed by atoms with Gasteiger partial charge in [-0.15, -0.1) is 23.4 Å². The number of benzene rings is 1. The molecular weight excluding hydrogens is 227 g/mol. The Morgan fingerprint density at radius 2 is 1.92 bits per heavy atom. The fourth-order valence-electron chi connectivity index (χ4n) is 0.852. The molecule has 1 rings (SSSR count). The summed E-state index contributed by atoms with van der Waals surface area (Å²) >= 11 is 12.8. The van der Waals surface area contributed by atoms with Crippen LogP contribution in [0.15, 0.2) is 24.3 Å². The van der Waals surface area contributed by atoms with Crippen molar-refractivity contribution in [1.29, 1.82) is 0 Å². The molecule has 0 spiro atoms. The second-order valence-corrected chi connectivity index (χ2v) is 4.50. The van der Waals surface area contributed by atoms with Crippen LogP contribution in [0.2, 0.25) is 5.02 Å². The maximum atomic E-state index is 11.5. The fraction of sp³-hybridized carbons (Fsp3) is 0.222. The van der Waals surface area contributed by atoms with Crippen molar-refractivity contribution in [2.24, 2.45) is 0 Å². The predicted molar refractivity (Wildman–Crippen MR) is 58.9 cm³/mol. The van der Waals surface area contributed by atoms with E-state index in [0.717, 1.165) is 0 Å². The van der Waals surface area contributed by atoms with Gasteiger partial charge in [0.1, 0.15) is 4.71 Å². The molecule has 4 heteroatoms. The quantitative estimate of drug-likeness (QED) is 0.589. The molecular formula is C9H8Cl2OS. The molecule has 1 unspecified atom stereocenters. The molecule has 0 bridgehead atoms. The first-order valence-electron chi connectivity index (χ1n) is 3.62. The zero-order valence-electron chi connectivity index (χ0n) is 6.96. The number of Topliss-reactive ketones (excluding diaryl/α,β-unsaturated/α-hetero) is 1. The van der Waals surface area contributed by atoms with Gasteiger partial charge in [-0.05, 0) is 30.5 Å². The zero-order valence-corrected chi connectivity index (χ0v) is 9.29. The highest BCUT2D eigenvalue weighted by Gasteiger charge is 2.15. The second-order valence-electron chi connectivity index (χ2n) is 2.42. The van der Waals surface area contributed by atoms with E-state index < -0.39 is 4.71 Å². The molecule has 0 amide bonds. The third-order valence-corrected chi connectivity index (χ3v) is 3.15. The van der Waals surface area contributed by atoms with Crippen molar-refractivity contribution >= 4 is 40.7 Å². The first-order chi connectivity index (χ1) is 6.15. The number of ketones is 1. The van der Waals surface area contributed by atoms with E-state index in [0.29, 0.717) is 10.6 Å². The molecule has 0 fully saturated rings. The Balaban J connectivity index is 2.83. The highest BCUT2D eigenvalue weighted by atomic mass is 35.5. The van der Waals surface area contributed by atoms with Gasteiger partial charge in [0.2, 0.25) is 0 Å². The molecule has 1 atom stereocenters. The van der Waals surface area contributed by atoms with E-state index in [4.69, 9.17) is 23.2 Å². The number of thioether (sulfide) groups is 1. The van der Waals surface area contributed by atoms with Gasteiger partial charge in [-0.1, -0.05) is 11.6 Å². The Hall–Kier alpha value is -0.180. The van der Waals surface area contributed by atoms with Crippen molar-refractivity contribution < 1.29 is 4.79 Å². The van der Waals surface area contributed by atoms with E-state index >= 15 is 0 Å². The van der Waals surface area contributed by atoms with E-state index in [9.17, 15) is 4.79 Å². The number of rotatable bonds is 3. The summed E-state index contributed by atoms with van der Waals surface area (Å²) in [4.78, 5) is 11.5. The molecule has 0 aliphatic carbocycles. The van der Waals surface area contributed by atoms with Gasteiger partial charge in [0.15, 0.2) is 5.78 Å². The summed E-state index contributed by atoms with van der Waals surface area (Å²) in [6.07, 6.45) is 1.80. The number of alkyl halides is 1. The van der Waals surface area contributed by atoms with Crippen molar-refractivity contribution in [2.75, 3.05) is 6.26 Å². The number of carbonyl (C=O) groups excluding carboxylic acids is 1. The van der Waals surface area contributed by atoms with Crippen LogP contribution in [0.4, 0.5) is 0 Å². The Morgan fingerprint density at radius 1 is 1.38 bits per heavy atom. The third-order valence-electron chi connectivity index (χ3n) is 1.54. The maximum absolute atomic E-state index is 11.5. The van der Waals surface area contributed by atoms with Gasteiger partial charge in [-0.2, -0.15) is 0 Å². The first kappa shape index (κ1) is 10.9. The third kappa shape index (κ3) is 2.90. The monoisotopic (exact) mass is 234 g/mol. The van der Waals surface area contributed by atoms with Crippen LogP contribution in [0.25, 0.3) is 0 Å². The molecule has 0 aliphatic heterocycles. The van der Waals surface area contributed by atoms with Crippen molar-refractivity contribution in [2.45, 2.75) is 4.71 Å². The summed E-state index contributed by atoms with van der Waals surface area (Å²) in [6.45, 7) is 0. The lowest BCUT2D eigenvalue weighted by Crippen LogP contribution is -2.09. The highest BCUT2D eigenvalue weighted by molar-refractivity contribution is 8.01. The van der Waals surface area contributed by atoms with Crippen molar-refractivity contribution in [3.05, 3.63) is 34.9 Å². The Labute approximate surface area is 91.4 Å². The summed E-state index contributed by atoms with van der Waals surface area (Å²) in [5.41, 5.74) is 0.596. The average Bonchev–Trinajstić information content (AvgIpc) is 2.17. The summed E-state index contributed by atoms with van der Waals surface area (Å²) in [6, 6.07) is 6.71. The largest absolute Gasteiger partial charge is 0.292 e. The van der Waals surface area contributed by atoms with Gasteiger partial charge >= 0.3 is 0 Å². The van der Waals surface area contributed by atoms with Crippen molar-refractivity contribution in [1.82, 2.24) is 0 Å². The molecule has 1 nitrogen and oxygen atoms in total. The topological polar surface area (TPSA) is 17.1 Å². The number of carbonyl (C=O) groups is 1.